The van der Waals surface area contributed by atoms with Crippen molar-refractivity contribution in [3.8, 4) is 0 Å². The molecule has 0 saturated carbocycles. The maximum atomic E-state index is 4.44. The third-order valence-electron chi connectivity index (χ3n) is 2.11. The lowest BCUT2D eigenvalue weighted by Gasteiger charge is -1.98. The number of benzene rings is 1. The monoisotopic (exact) mass is 157 g/mol. The standard InChI is InChI=1S/C11H11N/c1-2-5-11-10-7-4-3-6-9(10)8-12-11/h2-4,6-7H,1,5,8H2. The van der Waals surface area contributed by atoms with Crippen LogP contribution in [0.1, 0.15) is 17.5 Å². The molecule has 2 rings (SSSR count). The molecule has 0 unspecified atom stereocenters. The molecule has 0 N–H and O–H groups in total. The molecule has 1 heterocycles. The predicted molar refractivity (Wildman–Crippen MR) is 51.5 cm³/mol. The van der Waals surface area contributed by atoms with Crippen molar-refractivity contribution < 1.29 is 0 Å². The van der Waals surface area contributed by atoms with E-state index in [1.807, 2.05) is 6.08 Å². The second kappa shape index (κ2) is 2.94. The van der Waals surface area contributed by atoms with Crippen LogP contribution < -0.4 is 0 Å². The van der Waals surface area contributed by atoms with E-state index in [4.69, 9.17) is 0 Å². The molecule has 0 bridgehead atoms. The van der Waals surface area contributed by atoms with Gasteiger partial charge in [0.25, 0.3) is 0 Å². The van der Waals surface area contributed by atoms with Crippen molar-refractivity contribution in [2.45, 2.75) is 13.0 Å². The van der Waals surface area contributed by atoms with Gasteiger partial charge in [-0.15, -0.1) is 6.58 Å². The Morgan fingerprint density at radius 2 is 2.25 bits per heavy atom. The van der Waals surface area contributed by atoms with Crippen LogP contribution in [-0.2, 0) is 6.54 Å². The molecule has 0 spiro atoms. The van der Waals surface area contributed by atoms with Gasteiger partial charge in [-0.25, -0.2) is 0 Å². The molecule has 12 heavy (non-hydrogen) atoms. The summed E-state index contributed by atoms with van der Waals surface area (Å²) in [6.45, 7) is 4.56. The first-order chi connectivity index (χ1) is 5.92. The summed E-state index contributed by atoms with van der Waals surface area (Å²) in [6, 6.07) is 8.38. The second-order valence-corrected chi connectivity index (χ2v) is 2.91. The highest BCUT2D eigenvalue weighted by Crippen LogP contribution is 2.19. The first kappa shape index (κ1) is 7.29. The number of hydrogen-bond acceptors (Lipinski definition) is 1. The molecular weight excluding hydrogens is 146 g/mol. The fourth-order valence-electron chi connectivity index (χ4n) is 1.52. The van der Waals surface area contributed by atoms with Gasteiger partial charge in [-0.05, 0) is 5.56 Å². The first-order valence-electron chi connectivity index (χ1n) is 4.14. The third kappa shape index (κ3) is 1.07. The maximum Gasteiger partial charge on any atom is 0.0649 e. The van der Waals surface area contributed by atoms with Crippen LogP contribution in [0.25, 0.3) is 0 Å². The van der Waals surface area contributed by atoms with E-state index in [9.17, 15) is 0 Å². The third-order valence-corrected chi connectivity index (χ3v) is 2.11. The molecule has 0 fully saturated rings. The van der Waals surface area contributed by atoms with Crippen LogP contribution in [-0.4, -0.2) is 5.71 Å². The van der Waals surface area contributed by atoms with Crippen molar-refractivity contribution in [3.63, 3.8) is 0 Å². The summed E-state index contributed by atoms with van der Waals surface area (Å²) in [6.07, 6.45) is 2.79. The minimum Gasteiger partial charge on any atom is -0.284 e. The van der Waals surface area contributed by atoms with Crippen molar-refractivity contribution in [1.29, 1.82) is 0 Å². The van der Waals surface area contributed by atoms with E-state index in [-0.39, 0.29) is 0 Å². The minimum absolute atomic E-state index is 0.847. The predicted octanol–water partition coefficient (Wildman–Crippen LogP) is 2.57. The molecule has 1 nitrogen and oxygen atoms in total. The molecule has 0 saturated heterocycles. The zero-order chi connectivity index (χ0) is 8.39. The number of fused-ring (bicyclic) bond motifs is 1. The van der Waals surface area contributed by atoms with Crippen molar-refractivity contribution in [1.82, 2.24) is 0 Å². The number of allylic oxidation sites excluding steroid dienone is 1. The fraction of sp³-hybridized carbons (Fsp3) is 0.182. The van der Waals surface area contributed by atoms with E-state index < -0.39 is 0 Å². The molecule has 1 aromatic rings. The number of aliphatic imine (C=N–C) groups is 1. The molecule has 1 aliphatic rings. The SMILES string of the molecule is C=CCC1=NCc2ccccc21. The lowest BCUT2D eigenvalue weighted by atomic mass is 10.0. The van der Waals surface area contributed by atoms with Crippen molar-refractivity contribution in [2.75, 3.05) is 0 Å². The van der Waals surface area contributed by atoms with Crippen molar-refractivity contribution in [3.05, 3.63) is 48.0 Å². The van der Waals surface area contributed by atoms with Gasteiger partial charge in [-0.3, -0.25) is 4.99 Å². The topological polar surface area (TPSA) is 12.4 Å². The summed E-state index contributed by atoms with van der Waals surface area (Å²) in [4.78, 5) is 4.44. The summed E-state index contributed by atoms with van der Waals surface area (Å²) in [5.74, 6) is 0. The van der Waals surface area contributed by atoms with E-state index >= 15 is 0 Å². The summed E-state index contributed by atoms with van der Waals surface area (Å²) in [5.41, 5.74) is 3.83. The summed E-state index contributed by atoms with van der Waals surface area (Å²) in [7, 11) is 0. The van der Waals surface area contributed by atoms with E-state index in [0.29, 0.717) is 0 Å². The van der Waals surface area contributed by atoms with Crippen LogP contribution in [0.15, 0.2) is 41.9 Å². The highest BCUT2D eigenvalue weighted by atomic mass is 14.8. The van der Waals surface area contributed by atoms with Crippen LogP contribution >= 0.6 is 0 Å². The van der Waals surface area contributed by atoms with Gasteiger partial charge in [-0.2, -0.15) is 0 Å². The van der Waals surface area contributed by atoms with Gasteiger partial charge < -0.3 is 0 Å². The number of hydrogen-bond donors (Lipinski definition) is 0. The lowest BCUT2D eigenvalue weighted by molar-refractivity contribution is 1.10. The Morgan fingerprint density at radius 1 is 1.42 bits per heavy atom. The molecule has 0 aliphatic carbocycles. The summed E-state index contributed by atoms with van der Waals surface area (Å²) < 4.78 is 0. The van der Waals surface area contributed by atoms with E-state index in [0.717, 1.165) is 13.0 Å². The maximum absolute atomic E-state index is 4.44. The Bertz CT molecular complexity index is 337. The molecule has 0 aromatic heterocycles. The van der Waals surface area contributed by atoms with Gasteiger partial charge in [0.15, 0.2) is 0 Å². The van der Waals surface area contributed by atoms with Gasteiger partial charge >= 0.3 is 0 Å². The van der Waals surface area contributed by atoms with Gasteiger partial charge in [-0.1, -0.05) is 30.3 Å². The second-order valence-electron chi connectivity index (χ2n) is 2.91. The molecule has 0 amide bonds. The van der Waals surface area contributed by atoms with Gasteiger partial charge in [0.05, 0.1) is 6.54 Å². The molecule has 1 aromatic carbocycles. The Labute approximate surface area is 72.5 Å². The zero-order valence-electron chi connectivity index (χ0n) is 6.96. The van der Waals surface area contributed by atoms with E-state index in [1.165, 1.54) is 16.8 Å². The van der Waals surface area contributed by atoms with Gasteiger partial charge in [0.2, 0.25) is 0 Å². The van der Waals surface area contributed by atoms with Crippen molar-refractivity contribution in [2.24, 2.45) is 4.99 Å². The molecule has 1 aliphatic heterocycles. The highest BCUT2D eigenvalue weighted by Gasteiger charge is 2.12. The largest absolute Gasteiger partial charge is 0.284 e. The Morgan fingerprint density at radius 3 is 3.08 bits per heavy atom. The van der Waals surface area contributed by atoms with Gasteiger partial charge in [0, 0.05) is 17.7 Å². The van der Waals surface area contributed by atoms with E-state index in [2.05, 4.69) is 35.8 Å². The van der Waals surface area contributed by atoms with Crippen LogP contribution in [0.2, 0.25) is 0 Å². The van der Waals surface area contributed by atoms with Crippen LogP contribution in [0, 0.1) is 0 Å². The molecule has 0 radical (unpaired) electrons. The Kier molecular flexibility index (Phi) is 1.78. The zero-order valence-corrected chi connectivity index (χ0v) is 6.96. The number of nitrogens with zero attached hydrogens (tertiary/aromatic N) is 1. The average Bonchev–Trinajstić information content (AvgIpc) is 2.50. The highest BCUT2D eigenvalue weighted by molar-refractivity contribution is 6.04. The fourth-order valence-corrected chi connectivity index (χ4v) is 1.52. The molecule has 0 atom stereocenters. The molecule has 60 valence electrons. The van der Waals surface area contributed by atoms with Crippen LogP contribution in [0.5, 0.6) is 0 Å². The van der Waals surface area contributed by atoms with E-state index in [1.54, 1.807) is 0 Å². The Balaban J connectivity index is 2.38. The normalized spacial score (nSPS) is 13.8. The van der Waals surface area contributed by atoms with Crippen LogP contribution in [0.3, 0.4) is 0 Å². The smallest absolute Gasteiger partial charge is 0.0649 e. The lowest BCUT2D eigenvalue weighted by Crippen LogP contribution is -1.95. The van der Waals surface area contributed by atoms with Gasteiger partial charge in [0.1, 0.15) is 0 Å². The first-order valence-corrected chi connectivity index (χ1v) is 4.14. The molecule has 1 heteroatoms. The molecular formula is C11H11N. The van der Waals surface area contributed by atoms with Crippen LogP contribution in [0.4, 0.5) is 0 Å². The Hall–Kier alpha value is -1.37. The summed E-state index contributed by atoms with van der Waals surface area (Å²) in [5, 5.41) is 0. The minimum atomic E-state index is 0.847. The summed E-state index contributed by atoms with van der Waals surface area (Å²) >= 11 is 0. The average molecular weight is 157 g/mol. The number of rotatable bonds is 2. The van der Waals surface area contributed by atoms with Crippen molar-refractivity contribution >= 4 is 5.71 Å². The quantitative estimate of drug-likeness (QED) is 0.585.